The fourth-order valence-corrected chi connectivity index (χ4v) is 2.55. The Morgan fingerprint density at radius 3 is 3.00 bits per heavy atom. The summed E-state index contributed by atoms with van der Waals surface area (Å²) < 4.78 is 0. The Morgan fingerprint density at radius 2 is 2.33 bits per heavy atom. The number of hydrogen-bond donors (Lipinski definition) is 1. The molecule has 0 radical (unpaired) electrons. The van der Waals surface area contributed by atoms with Crippen LogP contribution in [0.15, 0.2) is 18.2 Å². The maximum Gasteiger partial charge on any atom is 0.292 e. The van der Waals surface area contributed by atoms with E-state index >= 15 is 0 Å². The third-order valence-electron chi connectivity index (χ3n) is 3.45. The van der Waals surface area contributed by atoms with Gasteiger partial charge in [0.1, 0.15) is 5.69 Å². The van der Waals surface area contributed by atoms with E-state index in [1.165, 1.54) is 0 Å². The van der Waals surface area contributed by atoms with Crippen LogP contribution in [-0.2, 0) is 0 Å². The van der Waals surface area contributed by atoms with Gasteiger partial charge in [0.25, 0.3) is 5.69 Å². The molecule has 1 N–H and O–H groups in total. The monoisotopic (exact) mass is 249 g/mol. The Bertz CT molecular complexity index is 448. The molecule has 5 nitrogen and oxygen atoms in total. The van der Waals surface area contributed by atoms with Gasteiger partial charge >= 0.3 is 0 Å². The van der Waals surface area contributed by atoms with Crippen LogP contribution < -0.4 is 10.2 Å². The van der Waals surface area contributed by atoms with Crippen molar-refractivity contribution in [1.82, 2.24) is 5.32 Å². The molecular formula is C13H19N3O2. The highest BCUT2D eigenvalue weighted by atomic mass is 16.6. The number of nitrogens with zero attached hydrogens (tertiary/aromatic N) is 2. The van der Waals surface area contributed by atoms with Gasteiger partial charge in [0.05, 0.1) is 4.92 Å². The minimum Gasteiger partial charge on any atom is -0.366 e. The Hall–Kier alpha value is -1.62. The number of nitrogens with one attached hydrogen (secondary N) is 1. The van der Waals surface area contributed by atoms with E-state index in [2.05, 4.69) is 10.2 Å². The van der Waals surface area contributed by atoms with Crippen LogP contribution in [0.3, 0.4) is 0 Å². The molecule has 2 rings (SSSR count). The van der Waals surface area contributed by atoms with Crippen LogP contribution in [-0.4, -0.2) is 31.6 Å². The zero-order chi connectivity index (χ0) is 13.1. The molecule has 0 bridgehead atoms. The summed E-state index contributed by atoms with van der Waals surface area (Å²) in [6.07, 6.45) is 1.09. The van der Waals surface area contributed by atoms with E-state index < -0.39 is 0 Å². The first kappa shape index (κ1) is 12.8. The molecule has 0 saturated carbocycles. The second kappa shape index (κ2) is 5.35. The lowest BCUT2D eigenvalue weighted by atomic mass is 10.1. The van der Waals surface area contributed by atoms with Crippen molar-refractivity contribution in [3.63, 3.8) is 0 Å². The largest absolute Gasteiger partial charge is 0.366 e. The SMILES string of the molecule is CNCC1CCN(c2ccc(C)cc2[N+](=O)[O-])C1. The van der Waals surface area contributed by atoms with Crippen molar-refractivity contribution in [2.75, 3.05) is 31.6 Å². The van der Waals surface area contributed by atoms with E-state index in [0.29, 0.717) is 5.92 Å². The van der Waals surface area contributed by atoms with Crippen molar-refractivity contribution in [1.29, 1.82) is 0 Å². The minimum atomic E-state index is -0.284. The van der Waals surface area contributed by atoms with Gasteiger partial charge in [-0.25, -0.2) is 0 Å². The van der Waals surface area contributed by atoms with Crippen molar-refractivity contribution >= 4 is 11.4 Å². The molecule has 0 amide bonds. The minimum absolute atomic E-state index is 0.222. The Kier molecular flexibility index (Phi) is 3.81. The number of rotatable bonds is 4. The summed E-state index contributed by atoms with van der Waals surface area (Å²) in [5.74, 6) is 0.580. The summed E-state index contributed by atoms with van der Waals surface area (Å²) in [5.41, 5.74) is 1.90. The predicted octanol–water partition coefficient (Wildman–Crippen LogP) is 1.95. The van der Waals surface area contributed by atoms with Gasteiger partial charge < -0.3 is 10.2 Å². The fourth-order valence-electron chi connectivity index (χ4n) is 2.55. The maximum atomic E-state index is 11.1. The number of anilines is 1. The van der Waals surface area contributed by atoms with Crippen LogP contribution in [0.1, 0.15) is 12.0 Å². The molecule has 0 aromatic heterocycles. The second-order valence-corrected chi connectivity index (χ2v) is 4.91. The lowest BCUT2D eigenvalue weighted by Gasteiger charge is -2.18. The molecule has 0 spiro atoms. The zero-order valence-electron chi connectivity index (χ0n) is 10.8. The van der Waals surface area contributed by atoms with E-state index in [1.54, 1.807) is 6.07 Å². The average Bonchev–Trinajstić information content (AvgIpc) is 2.78. The van der Waals surface area contributed by atoms with Crippen molar-refractivity contribution in [2.24, 2.45) is 5.92 Å². The number of hydrogen-bond acceptors (Lipinski definition) is 4. The van der Waals surface area contributed by atoms with E-state index in [-0.39, 0.29) is 10.6 Å². The molecule has 1 saturated heterocycles. The highest BCUT2D eigenvalue weighted by Gasteiger charge is 2.27. The first-order chi connectivity index (χ1) is 8.61. The number of nitro benzene ring substituents is 1. The molecule has 1 aromatic carbocycles. The molecule has 1 aliphatic rings. The van der Waals surface area contributed by atoms with Gasteiger partial charge in [0.2, 0.25) is 0 Å². The molecule has 1 unspecified atom stereocenters. The third kappa shape index (κ3) is 2.61. The smallest absolute Gasteiger partial charge is 0.292 e. The first-order valence-corrected chi connectivity index (χ1v) is 6.26. The normalized spacial score (nSPS) is 19.2. The van der Waals surface area contributed by atoms with Gasteiger partial charge in [-0.1, -0.05) is 6.07 Å². The van der Waals surface area contributed by atoms with Crippen LogP contribution in [0.25, 0.3) is 0 Å². The van der Waals surface area contributed by atoms with Crippen molar-refractivity contribution in [3.8, 4) is 0 Å². The molecule has 5 heteroatoms. The summed E-state index contributed by atoms with van der Waals surface area (Å²) in [7, 11) is 1.94. The first-order valence-electron chi connectivity index (χ1n) is 6.26. The lowest BCUT2D eigenvalue weighted by Crippen LogP contribution is -2.24. The zero-order valence-corrected chi connectivity index (χ0v) is 10.8. The fraction of sp³-hybridized carbons (Fsp3) is 0.538. The highest BCUT2D eigenvalue weighted by molar-refractivity contribution is 5.64. The molecule has 1 aromatic rings. The third-order valence-corrected chi connectivity index (χ3v) is 3.45. The Labute approximate surface area is 107 Å². The van der Waals surface area contributed by atoms with Crippen LogP contribution in [0.4, 0.5) is 11.4 Å². The average molecular weight is 249 g/mol. The van der Waals surface area contributed by atoms with Crippen molar-refractivity contribution < 1.29 is 4.92 Å². The summed E-state index contributed by atoms with van der Waals surface area (Å²) >= 11 is 0. The summed E-state index contributed by atoms with van der Waals surface area (Å²) in [6, 6.07) is 5.46. The molecular weight excluding hydrogens is 230 g/mol. The molecule has 18 heavy (non-hydrogen) atoms. The number of nitro groups is 1. The highest BCUT2D eigenvalue weighted by Crippen LogP contribution is 2.32. The molecule has 1 atom stereocenters. The molecule has 1 aliphatic heterocycles. The van der Waals surface area contributed by atoms with Gasteiger partial charge in [0, 0.05) is 19.2 Å². The van der Waals surface area contributed by atoms with Gasteiger partial charge in [-0.15, -0.1) is 0 Å². The molecule has 98 valence electrons. The van der Waals surface area contributed by atoms with Crippen LogP contribution in [0.5, 0.6) is 0 Å². The maximum absolute atomic E-state index is 11.1. The van der Waals surface area contributed by atoms with Gasteiger partial charge in [0.15, 0.2) is 0 Å². The van der Waals surface area contributed by atoms with Crippen molar-refractivity contribution in [3.05, 3.63) is 33.9 Å². The van der Waals surface area contributed by atoms with E-state index in [4.69, 9.17) is 0 Å². The quantitative estimate of drug-likeness (QED) is 0.654. The second-order valence-electron chi connectivity index (χ2n) is 4.91. The number of benzene rings is 1. The molecule has 1 heterocycles. The predicted molar refractivity (Wildman–Crippen MR) is 72.1 cm³/mol. The lowest BCUT2D eigenvalue weighted by molar-refractivity contribution is -0.384. The number of aryl methyl sites for hydroxylation is 1. The van der Waals surface area contributed by atoms with Crippen LogP contribution in [0.2, 0.25) is 0 Å². The van der Waals surface area contributed by atoms with Crippen LogP contribution >= 0.6 is 0 Å². The van der Waals surface area contributed by atoms with E-state index in [0.717, 1.165) is 37.3 Å². The summed E-state index contributed by atoms with van der Waals surface area (Å²) in [4.78, 5) is 12.9. The standard InChI is InChI=1S/C13H19N3O2/c1-10-3-4-12(13(7-10)16(17)18)15-6-5-11(9-15)8-14-2/h3-4,7,11,14H,5-6,8-9H2,1-2H3. The summed E-state index contributed by atoms with van der Waals surface area (Å²) in [5, 5.41) is 14.3. The van der Waals surface area contributed by atoms with Gasteiger partial charge in [-0.2, -0.15) is 0 Å². The van der Waals surface area contributed by atoms with Crippen LogP contribution in [0, 0.1) is 23.0 Å². The van der Waals surface area contributed by atoms with Crippen molar-refractivity contribution in [2.45, 2.75) is 13.3 Å². The summed E-state index contributed by atoms with van der Waals surface area (Å²) in [6.45, 7) is 4.64. The Morgan fingerprint density at radius 1 is 1.56 bits per heavy atom. The Balaban J connectivity index is 2.21. The molecule has 1 fully saturated rings. The topological polar surface area (TPSA) is 58.4 Å². The molecule has 0 aliphatic carbocycles. The van der Waals surface area contributed by atoms with Gasteiger partial charge in [-0.3, -0.25) is 10.1 Å². The van der Waals surface area contributed by atoms with E-state index in [9.17, 15) is 10.1 Å². The van der Waals surface area contributed by atoms with Gasteiger partial charge in [-0.05, 0) is 44.5 Å². The van der Waals surface area contributed by atoms with E-state index in [1.807, 2.05) is 26.1 Å².